The van der Waals surface area contributed by atoms with Crippen LogP contribution in [0.2, 0.25) is 0 Å². The highest BCUT2D eigenvalue weighted by Gasteiger charge is 2.46. The van der Waals surface area contributed by atoms with E-state index in [-0.39, 0.29) is 43.1 Å². The molecule has 9 rings (SSSR count). The predicted octanol–water partition coefficient (Wildman–Crippen LogP) is 5.78. The summed E-state index contributed by atoms with van der Waals surface area (Å²) in [5, 5.41) is 12.4. The fourth-order valence-corrected chi connectivity index (χ4v) is 8.87. The summed E-state index contributed by atoms with van der Waals surface area (Å²) in [4.78, 5) is 24.8. The summed E-state index contributed by atoms with van der Waals surface area (Å²) in [5.41, 5.74) is 4.27. The van der Waals surface area contributed by atoms with Crippen LogP contribution in [-0.4, -0.2) is 105 Å². The van der Waals surface area contributed by atoms with E-state index in [0.717, 1.165) is 81.8 Å². The standard InChI is InChI=1S/C47H54F2N10O4/c1-34(53-38-18-20-54(21-19-38)27-36-6-4-3-5-7-36)35(2)59-46(60)58(33-52-59)41-11-9-39(10-12-41)55-22-24-56(25-23-55)40-13-15-42(16-14-40)61-28-43-29-62-47(63-43,30-57-32-50-31-51-57)44-17-8-37(48)26-45(44)49/h3-17,26,31-35,38,43,53H,18-25,27-30H2,1-2H3/t34-,35+,43+,47+/m0/s1. The van der Waals surface area contributed by atoms with E-state index in [0.29, 0.717) is 11.8 Å². The van der Waals surface area contributed by atoms with E-state index in [1.165, 1.54) is 35.0 Å². The van der Waals surface area contributed by atoms with Gasteiger partial charge in [0.2, 0.25) is 5.79 Å². The molecule has 5 heterocycles. The zero-order valence-electron chi connectivity index (χ0n) is 35.7. The minimum Gasteiger partial charge on any atom is -0.491 e. The molecule has 3 saturated heterocycles. The number of ether oxygens (including phenoxy) is 3. The van der Waals surface area contributed by atoms with Crippen molar-refractivity contribution in [2.24, 2.45) is 0 Å². The van der Waals surface area contributed by atoms with Crippen molar-refractivity contribution in [3.8, 4) is 11.4 Å². The molecule has 0 aliphatic carbocycles. The third kappa shape index (κ3) is 9.69. The second kappa shape index (κ2) is 18.8. The zero-order valence-corrected chi connectivity index (χ0v) is 35.7. The van der Waals surface area contributed by atoms with Crippen molar-refractivity contribution in [1.82, 2.24) is 39.3 Å². The molecule has 0 saturated carbocycles. The van der Waals surface area contributed by atoms with E-state index < -0.39 is 23.5 Å². The lowest BCUT2D eigenvalue weighted by Gasteiger charge is -2.37. The minimum atomic E-state index is -1.52. The number of likely N-dealkylation sites (tertiary alicyclic amines) is 1. The van der Waals surface area contributed by atoms with Crippen LogP contribution >= 0.6 is 0 Å². The number of nitrogens with one attached hydrogen (secondary N) is 1. The van der Waals surface area contributed by atoms with Crippen molar-refractivity contribution in [2.75, 3.05) is 62.3 Å². The zero-order chi connectivity index (χ0) is 43.3. The molecule has 3 aliphatic heterocycles. The summed E-state index contributed by atoms with van der Waals surface area (Å²) in [6.07, 6.45) is 6.12. The fraction of sp³-hybridized carbons (Fsp3) is 0.404. The van der Waals surface area contributed by atoms with Crippen molar-refractivity contribution in [2.45, 2.75) is 69.8 Å². The number of piperazine rings is 1. The summed E-state index contributed by atoms with van der Waals surface area (Å²) in [7, 11) is 0. The van der Waals surface area contributed by atoms with Crippen molar-refractivity contribution in [3.63, 3.8) is 0 Å². The maximum absolute atomic E-state index is 15.0. The van der Waals surface area contributed by atoms with Crippen LogP contribution in [0.4, 0.5) is 20.2 Å². The van der Waals surface area contributed by atoms with Gasteiger partial charge in [-0.15, -0.1) is 0 Å². The van der Waals surface area contributed by atoms with Crippen LogP contribution in [0.3, 0.4) is 0 Å². The van der Waals surface area contributed by atoms with Gasteiger partial charge < -0.3 is 29.3 Å². The highest BCUT2D eigenvalue weighted by Crippen LogP contribution is 2.38. The van der Waals surface area contributed by atoms with Crippen molar-refractivity contribution in [1.29, 1.82) is 0 Å². The first-order chi connectivity index (χ1) is 30.7. The number of anilines is 2. The SMILES string of the molecule is C[C@H](NC1CCN(Cc2ccccc2)CC1)[C@@H](C)n1ncn(-c2ccc(N3CCN(c4ccc(OC[C@@H]5CO[C@@](Cn6cncn6)(c6ccc(F)cc6F)O5)cc4)CC3)cc2)c1=O. The minimum absolute atomic E-state index is 0.0289. The van der Waals surface area contributed by atoms with Gasteiger partial charge in [0.15, 0.2) is 0 Å². The highest BCUT2D eigenvalue weighted by atomic mass is 19.1. The summed E-state index contributed by atoms with van der Waals surface area (Å²) in [5.74, 6) is -2.31. The number of aromatic nitrogens is 6. The molecule has 0 bridgehead atoms. The first-order valence-corrected chi connectivity index (χ1v) is 21.8. The van der Waals surface area contributed by atoms with Gasteiger partial charge in [0.25, 0.3) is 0 Å². The Bertz CT molecular complexity index is 2450. The highest BCUT2D eigenvalue weighted by molar-refractivity contribution is 5.54. The molecule has 4 aromatic carbocycles. The van der Waals surface area contributed by atoms with Crippen LogP contribution in [0.5, 0.6) is 5.75 Å². The Kier molecular flexibility index (Phi) is 12.6. The maximum atomic E-state index is 15.0. The van der Waals surface area contributed by atoms with Crippen LogP contribution in [0.25, 0.3) is 5.69 Å². The quantitative estimate of drug-likeness (QED) is 0.135. The number of piperidine rings is 1. The maximum Gasteiger partial charge on any atom is 0.350 e. The lowest BCUT2D eigenvalue weighted by Crippen LogP contribution is -2.48. The molecule has 0 amide bonds. The molecule has 0 radical (unpaired) electrons. The average Bonchev–Trinajstić information content (AvgIpc) is 4.08. The van der Waals surface area contributed by atoms with Crippen LogP contribution in [0, 0.1) is 11.6 Å². The summed E-state index contributed by atoms with van der Waals surface area (Å²) in [6.45, 7) is 11.0. The molecule has 0 unspecified atom stereocenters. The molecule has 0 spiro atoms. The molecule has 1 N–H and O–H groups in total. The molecule has 6 aromatic rings. The first kappa shape index (κ1) is 42.4. The molecule has 14 nitrogen and oxygen atoms in total. The fourth-order valence-electron chi connectivity index (χ4n) is 8.87. The molecular weight excluding hydrogens is 807 g/mol. The average molecular weight is 861 g/mol. The van der Waals surface area contributed by atoms with E-state index in [1.54, 1.807) is 15.6 Å². The van der Waals surface area contributed by atoms with Crippen LogP contribution in [-0.2, 0) is 28.4 Å². The van der Waals surface area contributed by atoms with Gasteiger partial charge in [0.05, 0.1) is 18.3 Å². The second-order valence-corrected chi connectivity index (χ2v) is 16.8. The molecule has 3 fully saturated rings. The van der Waals surface area contributed by atoms with Gasteiger partial charge in [-0.3, -0.25) is 4.90 Å². The lowest BCUT2D eigenvalue weighted by atomic mass is 10.0. The molecule has 16 heteroatoms. The van der Waals surface area contributed by atoms with Gasteiger partial charge in [0, 0.05) is 67.8 Å². The molecule has 2 aromatic heterocycles. The third-order valence-electron chi connectivity index (χ3n) is 12.6. The van der Waals surface area contributed by atoms with E-state index in [4.69, 9.17) is 14.2 Å². The third-order valence-corrected chi connectivity index (χ3v) is 12.6. The monoisotopic (exact) mass is 860 g/mol. The predicted molar refractivity (Wildman–Crippen MR) is 235 cm³/mol. The van der Waals surface area contributed by atoms with Crippen molar-refractivity contribution >= 4 is 11.4 Å². The topological polar surface area (TPSA) is 120 Å². The van der Waals surface area contributed by atoms with Gasteiger partial charge in [-0.05, 0) is 106 Å². The molecular formula is C47H54F2N10O4. The normalized spacial score (nSPS) is 20.9. The van der Waals surface area contributed by atoms with Crippen LogP contribution < -0.4 is 25.5 Å². The Balaban J connectivity index is 0.735. The number of benzene rings is 4. The summed E-state index contributed by atoms with van der Waals surface area (Å²) < 4.78 is 51.8. The Hall–Kier alpha value is -5.94. The Labute approximate surface area is 365 Å². The van der Waals surface area contributed by atoms with E-state index >= 15 is 0 Å². The lowest BCUT2D eigenvalue weighted by molar-refractivity contribution is -0.192. The smallest absolute Gasteiger partial charge is 0.350 e. The largest absolute Gasteiger partial charge is 0.491 e. The van der Waals surface area contributed by atoms with Gasteiger partial charge in [-0.2, -0.15) is 10.2 Å². The van der Waals surface area contributed by atoms with Crippen molar-refractivity contribution < 1.29 is 23.0 Å². The van der Waals surface area contributed by atoms with Crippen molar-refractivity contribution in [3.05, 3.63) is 149 Å². The number of hydrogen-bond donors (Lipinski definition) is 1. The van der Waals surface area contributed by atoms with E-state index in [2.05, 4.69) is 91.5 Å². The van der Waals surface area contributed by atoms with Crippen LogP contribution in [0.1, 0.15) is 43.9 Å². The first-order valence-electron chi connectivity index (χ1n) is 21.8. The molecule has 3 aliphatic rings. The van der Waals surface area contributed by atoms with Gasteiger partial charge in [0.1, 0.15) is 55.6 Å². The summed E-state index contributed by atoms with van der Waals surface area (Å²) >= 11 is 0. The Morgan fingerprint density at radius 3 is 2.17 bits per heavy atom. The van der Waals surface area contributed by atoms with Gasteiger partial charge in [-0.1, -0.05) is 30.3 Å². The number of nitrogens with zero attached hydrogens (tertiary/aromatic N) is 9. The molecule has 4 atom stereocenters. The van der Waals surface area contributed by atoms with Crippen LogP contribution in [0.15, 0.2) is 121 Å². The Morgan fingerprint density at radius 1 is 0.825 bits per heavy atom. The molecule has 330 valence electrons. The van der Waals surface area contributed by atoms with Gasteiger partial charge >= 0.3 is 5.69 Å². The number of hydrogen-bond acceptors (Lipinski definition) is 11. The number of rotatable bonds is 15. The van der Waals surface area contributed by atoms with Gasteiger partial charge in [-0.25, -0.2) is 32.5 Å². The number of halogens is 2. The Morgan fingerprint density at radius 2 is 1.51 bits per heavy atom. The molecule has 63 heavy (non-hydrogen) atoms. The van der Waals surface area contributed by atoms with E-state index in [9.17, 15) is 13.6 Å². The van der Waals surface area contributed by atoms with E-state index in [1.807, 2.05) is 36.4 Å². The second-order valence-electron chi connectivity index (χ2n) is 16.8. The summed E-state index contributed by atoms with van der Waals surface area (Å²) in [6, 6.07) is 30.4.